The Balaban J connectivity index is 2.44. The molecule has 3 nitrogen and oxygen atoms in total. The van der Waals surface area contributed by atoms with Crippen molar-refractivity contribution >= 4 is 11.4 Å². The van der Waals surface area contributed by atoms with E-state index >= 15 is 0 Å². The van der Waals surface area contributed by atoms with E-state index in [4.69, 9.17) is 5.73 Å². The molecule has 0 unspecified atom stereocenters. The lowest BCUT2D eigenvalue weighted by atomic mass is 10.2. The van der Waals surface area contributed by atoms with Crippen LogP contribution in [0, 0.1) is 5.82 Å². The molecule has 0 aliphatic carbocycles. The van der Waals surface area contributed by atoms with E-state index in [1.165, 1.54) is 6.07 Å². The third-order valence-corrected chi connectivity index (χ3v) is 2.68. The Morgan fingerprint density at radius 3 is 2.71 bits per heavy atom. The molecule has 0 radical (unpaired) electrons. The number of anilines is 2. The average Bonchev–Trinajstić information content (AvgIpc) is 2.38. The van der Waals surface area contributed by atoms with Crippen LogP contribution < -0.4 is 10.6 Å². The quantitative estimate of drug-likeness (QED) is 0.882. The Kier molecular flexibility index (Phi) is 3.35. The predicted octanol–water partition coefficient (Wildman–Crippen LogP) is 2.45. The van der Waals surface area contributed by atoms with Gasteiger partial charge in [-0.2, -0.15) is 0 Å². The third-order valence-electron chi connectivity index (χ3n) is 2.68. The monoisotopic (exact) mass is 231 g/mol. The maximum absolute atomic E-state index is 13.7. The molecule has 0 amide bonds. The fourth-order valence-electron chi connectivity index (χ4n) is 1.74. The molecule has 4 heteroatoms. The minimum absolute atomic E-state index is 0.262. The normalized spacial score (nSPS) is 10.3. The van der Waals surface area contributed by atoms with Crippen LogP contribution in [0.1, 0.15) is 5.56 Å². The molecule has 0 fully saturated rings. The number of pyridine rings is 1. The molecule has 1 aromatic carbocycles. The second kappa shape index (κ2) is 4.93. The van der Waals surface area contributed by atoms with Gasteiger partial charge in [0.05, 0.1) is 17.6 Å². The van der Waals surface area contributed by atoms with Crippen molar-refractivity contribution in [3.63, 3.8) is 0 Å². The highest BCUT2D eigenvalue weighted by Gasteiger charge is 2.11. The van der Waals surface area contributed by atoms with Crippen molar-refractivity contribution in [2.45, 2.75) is 6.54 Å². The summed E-state index contributed by atoms with van der Waals surface area (Å²) in [5.41, 5.74) is 7.92. The van der Waals surface area contributed by atoms with Gasteiger partial charge in [0.15, 0.2) is 0 Å². The molecule has 2 aromatic rings. The van der Waals surface area contributed by atoms with Crippen LogP contribution >= 0.6 is 0 Å². The van der Waals surface area contributed by atoms with E-state index in [1.807, 2.05) is 6.07 Å². The van der Waals surface area contributed by atoms with E-state index in [1.54, 1.807) is 42.5 Å². The predicted molar refractivity (Wildman–Crippen MR) is 66.6 cm³/mol. The Hall–Kier alpha value is -1.94. The van der Waals surface area contributed by atoms with Gasteiger partial charge >= 0.3 is 0 Å². The number of benzene rings is 1. The molecular weight excluding hydrogens is 217 g/mol. The van der Waals surface area contributed by atoms with Crippen molar-refractivity contribution < 1.29 is 4.39 Å². The summed E-state index contributed by atoms with van der Waals surface area (Å²) in [5, 5.41) is 0. The van der Waals surface area contributed by atoms with E-state index in [9.17, 15) is 4.39 Å². The van der Waals surface area contributed by atoms with Crippen molar-refractivity contribution in [3.05, 3.63) is 54.1 Å². The van der Waals surface area contributed by atoms with E-state index in [-0.39, 0.29) is 5.82 Å². The Morgan fingerprint density at radius 1 is 1.24 bits per heavy atom. The van der Waals surface area contributed by atoms with Crippen molar-refractivity contribution in [2.24, 2.45) is 5.73 Å². The van der Waals surface area contributed by atoms with Gasteiger partial charge in [-0.05, 0) is 23.8 Å². The minimum Gasteiger partial charge on any atom is -0.341 e. The lowest BCUT2D eigenvalue weighted by Gasteiger charge is -2.22. The number of hydrogen-bond donors (Lipinski definition) is 1. The molecule has 0 saturated heterocycles. The van der Waals surface area contributed by atoms with Crippen molar-refractivity contribution in [1.29, 1.82) is 0 Å². The SMILES string of the molecule is CN(c1ccccc1F)c1cnccc1CN. The molecule has 0 aliphatic rings. The first-order valence-corrected chi connectivity index (χ1v) is 5.35. The van der Waals surface area contributed by atoms with Crippen LogP contribution in [-0.2, 0) is 6.54 Å². The van der Waals surface area contributed by atoms with Gasteiger partial charge in [0.1, 0.15) is 5.82 Å². The highest BCUT2D eigenvalue weighted by atomic mass is 19.1. The fourth-order valence-corrected chi connectivity index (χ4v) is 1.74. The van der Waals surface area contributed by atoms with Gasteiger partial charge in [-0.15, -0.1) is 0 Å². The van der Waals surface area contributed by atoms with Gasteiger partial charge in [0, 0.05) is 19.8 Å². The van der Waals surface area contributed by atoms with Crippen LogP contribution in [0.5, 0.6) is 0 Å². The summed E-state index contributed by atoms with van der Waals surface area (Å²) in [4.78, 5) is 5.80. The number of nitrogens with zero attached hydrogens (tertiary/aromatic N) is 2. The van der Waals surface area contributed by atoms with E-state index in [2.05, 4.69) is 4.98 Å². The zero-order valence-corrected chi connectivity index (χ0v) is 9.60. The summed E-state index contributed by atoms with van der Waals surface area (Å²) in [6.45, 7) is 0.399. The Bertz CT molecular complexity index is 514. The average molecular weight is 231 g/mol. The molecular formula is C13H14FN3. The van der Waals surface area contributed by atoms with Crippen molar-refractivity contribution in [3.8, 4) is 0 Å². The summed E-state index contributed by atoms with van der Waals surface area (Å²) < 4.78 is 13.7. The summed E-state index contributed by atoms with van der Waals surface area (Å²) in [7, 11) is 1.80. The molecule has 0 saturated carbocycles. The minimum atomic E-state index is -0.262. The third kappa shape index (κ3) is 2.26. The largest absolute Gasteiger partial charge is 0.341 e. The first-order valence-electron chi connectivity index (χ1n) is 5.35. The molecule has 2 N–H and O–H groups in total. The summed E-state index contributed by atoms with van der Waals surface area (Å²) in [6.07, 6.45) is 3.37. The van der Waals surface area contributed by atoms with Gasteiger partial charge in [-0.1, -0.05) is 12.1 Å². The zero-order valence-electron chi connectivity index (χ0n) is 9.60. The van der Waals surface area contributed by atoms with Gasteiger partial charge in [0.25, 0.3) is 0 Å². The molecule has 1 heterocycles. The van der Waals surface area contributed by atoms with Crippen LogP contribution in [-0.4, -0.2) is 12.0 Å². The van der Waals surface area contributed by atoms with Crippen LogP contribution in [0.4, 0.5) is 15.8 Å². The van der Waals surface area contributed by atoms with Gasteiger partial charge in [-0.25, -0.2) is 4.39 Å². The zero-order chi connectivity index (χ0) is 12.3. The van der Waals surface area contributed by atoms with Crippen LogP contribution in [0.2, 0.25) is 0 Å². The van der Waals surface area contributed by atoms with Crippen LogP contribution in [0.25, 0.3) is 0 Å². The van der Waals surface area contributed by atoms with Gasteiger partial charge in [-0.3, -0.25) is 4.98 Å². The van der Waals surface area contributed by atoms with E-state index in [0.717, 1.165) is 11.3 Å². The molecule has 0 atom stereocenters. The summed E-state index contributed by atoms with van der Waals surface area (Å²) >= 11 is 0. The maximum Gasteiger partial charge on any atom is 0.146 e. The van der Waals surface area contributed by atoms with Crippen LogP contribution in [0.15, 0.2) is 42.7 Å². The Morgan fingerprint density at radius 2 is 2.00 bits per heavy atom. The van der Waals surface area contributed by atoms with Gasteiger partial charge < -0.3 is 10.6 Å². The molecule has 0 aliphatic heterocycles. The molecule has 17 heavy (non-hydrogen) atoms. The van der Waals surface area contributed by atoms with Crippen molar-refractivity contribution in [2.75, 3.05) is 11.9 Å². The lowest BCUT2D eigenvalue weighted by molar-refractivity contribution is 0.627. The highest BCUT2D eigenvalue weighted by molar-refractivity contribution is 5.65. The number of aromatic nitrogens is 1. The first-order chi connectivity index (χ1) is 8.24. The molecule has 88 valence electrons. The second-order valence-electron chi connectivity index (χ2n) is 3.72. The number of para-hydroxylation sites is 1. The van der Waals surface area contributed by atoms with E-state index in [0.29, 0.717) is 12.2 Å². The molecule has 2 rings (SSSR count). The van der Waals surface area contributed by atoms with E-state index < -0.39 is 0 Å². The number of rotatable bonds is 3. The van der Waals surface area contributed by atoms with Gasteiger partial charge in [0.2, 0.25) is 0 Å². The number of nitrogens with two attached hydrogens (primary N) is 1. The second-order valence-corrected chi connectivity index (χ2v) is 3.72. The highest BCUT2D eigenvalue weighted by Crippen LogP contribution is 2.27. The molecule has 0 spiro atoms. The smallest absolute Gasteiger partial charge is 0.146 e. The molecule has 0 bridgehead atoms. The topological polar surface area (TPSA) is 42.2 Å². The maximum atomic E-state index is 13.7. The molecule has 1 aromatic heterocycles. The first kappa shape index (κ1) is 11.5. The number of halogens is 1. The van der Waals surface area contributed by atoms with Crippen molar-refractivity contribution in [1.82, 2.24) is 4.98 Å². The summed E-state index contributed by atoms with van der Waals surface area (Å²) in [5.74, 6) is -0.262. The Labute approximate surface area is 99.7 Å². The fraction of sp³-hybridized carbons (Fsp3) is 0.154. The number of hydrogen-bond acceptors (Lipinski definition) is 3. The summed E-state index contributed by atoms with van der Waals surface area (Å²) in [6, 6.07) is 8.47. The van der Waals surface area contributed by atoms with Crippen LogP contribution in [0.3, 0.4) is 0 Å². The lowest BCUT2D eigenvalue weighted by Crippen LogP contribution is -2.14. The standard InChI is InChI=1S/C13H14FN3/c1-17(12-5-3-2-4-11(12)14)13-9-16-7-6-10(13)8-15/h2-7,9H,8,15H2,1H3.